The molecule has 6 heteroatoms. The summed E-state index contributed by atoms with van der Waals surface area (Å²) in [5.74, 6) is 1.25. The number of hydrazone groups is 1. The van der Waals surface area contributed by atoms with Gasteiger partial charge in [-0.1, -0.05) is 75.0 Å². The number of benzene rings is 2. The Morgan fingerprint density at radius 1 is 1.14 bits per heavy atom. The largest absolute Gasteiger partial charge is 0.298 e. The topological polar surface area (TPSA) is 57.1 Å². The summed E-state index contributed by atoms with van der Waals surface area (Å²) in [5, 5.41) is 11.8. The molecule has 144 valence electrons. The molecule has 2 heterocycles. The van der Waals surface area contributed by atoms with Crippen molar-refractivity contribution in [3.63, 3.8) is 0 Å². The first-order chi connectivity index (χ1) is 13.6. The van der Waals surface area contributed by atoms with Crippen LogP contribution in [0, 0.1) is 0 Å². The SMILES string of the molecule is CCCSC1=NN2C(=c3ccccc3=N[C@H]2c2ccc(C(C)C)cc2)C(=O)N1. The molecular weight excluding hydrogens is 368 g/mol. The van der Waals surface area contributed by atoms with Crippen molar-refractivity contribution in [1.29, 1.82) is 0 Å². The fraction of sp³-hybridized carbons (Fsp3) is 0.318. The quantitative estimate of drug-likeness (QED) is 0.870. The summed E-state index contributed by atoms with van der Waals surface area (Å²) in [7, 11) is 0. The first-order valence-electron chi connectivity index (χ1n) is 9.67. The van der Waals surface area contributed by atoms with Gasteiger partial charge in [0.05, 0.1) is 5.36 Å². The summed E-state index contributed by atoms with van der Waals surface area (Å²) in [6, 6.07) is 16.2. The van der Waals surface area contributed by atoms with Gasteiger partial charge in [-0.3, -0.25) is 15.1 Å². The number of rotatable bonds is 4. The number of nitrogens with one attached hydrogen (secondary N) is 1. The minimum Gasteiger partial charge on any atom is -0.298 e. The van der Waals surface area contributed by atoms with E-state index in [1.165, 1.54) is 5.56 Å². The van der Waals surface area contributed by atoms with Gasteiger partial charge in [0.1, 0.15) is 5.70 Å². The highest BCUT2D eigenvalue weighted by Crippen LogP contribution is 2.31. The van der Waals surface area contributed by atoms with Crippen LogP contribution < -0.4 is 15.9 Å². The molecule has 2 aromatic carbocycles. The molecule has 0 saturated carbocycles. The zero-order valence-corrected chi connectivity index (χ0v) is 17.2. The Balaban J connectivity index is 1.84. The van der Waals surface area contributed by atoms with Crippen molar-refractivity contribution in [1.82, 2.24) is 10.3 Å². The second-order valence-corrected chi connectivity index (χ2v) is 8.33. The summed E-state index contributed by atoms with van der Waals surface area (Å²) in [4.78, 5) is 17.9. The summed E-state index contributed by atoms with van der Waals surface area (Å²) >= 11 is 1.56. The maximum Gasteiger partial charge on any atom is 0.276 e. The number of carbonyl (C=O) groups is 1. The minimum absolute atomic E-state index is 0.125. The Kier molecular flexibility index (Phi) is 5.22. The molecule has 28 heavy (non-hydrogen) atoms. The number of thioether (sulfide) groups is 1. The molecule has 0 fully saturated rings. The second kappa shape index (κ2) is 7.80. The molecule has 1 N–H and O–H groups in total. The number of amidine groups is 1. The fourth-order valence-corrected chi connectivity index (χ4v) is 4.07. The molecule has 1 atom stereocenters. The monoisotopic (exact) mass is 392 g/mol. The lowest BCUT2D eigenvalue weighted by Crippen LogP contribution is -2.50. The molecule has 2 aliphatic heterocycles. The van der Waals surface area contributed by atoms with E-state index < -0.39 is 0 Å². The van der Waals surface area contributed by atoms with Crippen molar-refractivity contribution in [3.8, 4) is 0 Å². The van der Waals surface area contributed by atoms with Gasteiger partial charge in [-0.15, -0.1) is 5.10 Å². The van der Waals surface area contributed by atoms with E-state index in [0.717, 1.165) is 28.3 Å². The van der Waals surface area contributed by atoms with Crippen molar-refractivity contribution in [2.24, 2.45) is 10.1 Å². The zero-order chi connectivity index (χ0) is 19.7. The van der Waals surface area contributed by atoms with Crippen molar-refractivity contribution in [2.75, 3.05) is 5.75 Å². The van der Waals surface area contributed by atoms with E-state index in [-0.39, 0.29) is 12.1 Å². The molecule has 1 amide bonds. The van der Waals surface area contributed by atoms with Gasteiger partial charge in [0.2, 0.25) is 0 Å². The molecule has 0 radical (unpaired) electrons. The number of hydrogen-bond acceptors (Lipinski definition) is 5. The van der Waals surface area contributed by atoms with Gasteiger partial charge in [0, 0.05) is 11.0 Å². The third kappa shape index (κ3) is 3.44. The second-order valence-electron chi connectivity index (χ2n) is 7.24. The highest BCUT2D eigenvalue weighted by Gasteiger charge is 2.34. The smallest absolute Gasteiger partial charge is 0.276 e. The molecule has 0 saturated heterocycles. The van der Waals surface area contributed by atoms with E-state index in [9.17, 15) is 4.79 Å². The van der Waals surface area contributed by atoms with E-state index >= 15 is 0 Å². The maximum absolute atomic E-state index is 13.0. The van der Waals surface area contributed by atoms with Gasteiger partial charge in [0.15, 0.2) is 11.3 Å². The van der Waals surface area contributed by atoms with E-state index in [0.29, 0.717) is 16.8 Å². The van der Waals surface area contributed by atoms with Gasteiger partial charge < -0.3 is 0 Å². The number of nitrogens with zero attached hydrogens (tertiary/aromatic N) is 3. The van der Waals surface area contributed by atoms with E-state index in [2.05, 4.69) is 50.4 Å². The number of hydrogen-bond donors (Lipinski definition) is 1. The molecule has 4 rings (SSSR count). The summed E-state index contributed by atoms with van der Waals surface area (Å²) in [6.45, 7) is 6.47. The lowest BCUT2D eigenvalue weighted by molar-refractivity contribution is -0.116. The number of amides is 1. The highest BCUT2D eigenvalue weighted by molar-refractivity contribution is 8.13. The predicted octanol–water partition coefficient (Wildman–Crippen LogP) is 3.10. The Hall–Kier alpha value is -2.60. The van der Waals surface area contributed by atoms with Crippen LogP contribution in [-0.2, 0) is 4.79 Å². The van der Waals surface area contributed by atoms with Gasteiger partial charge in [0.25, 0.3) is 5.91 Å². The first-order valence-corrected chi connectivity index (χ1v) is 10.7. The van der Waals surface area contributed by atoms with Gasteiger partial charge in [-0.05, 0) is 29.5 Å². The molecular formula is C22H24N4OS. The Morgan fingerprint density at radius 3 is 2.61 bits per heavy atom. The standard InChI is InChI=1S/C22H24N4OS/c1-4-13-28-22-24-21(27)19-17-7-5-6-8-18(17)23-20(26(19)25-22)16-11-9-15(10-12-16)14(2)3/h5-12,14,20H,4,13H2,1-3H3,(H,24,25,27)/t20-/m1/s1. The van der Waals surface area contributed by atoms with Crippen molar-refractivity contribution in [2.45, 2.75) is 39.3 Å². The number of fused-ring (bicyclic) bond motifs is 2. The molecule has 0 bridgehead atoms. The van der Waals surface area contributed by atoms with E-state index in [1.807, 2.05) is 24.3 Å². The van der Waals surface area contributed by atoms with Crippen LogP contribution in [0.2, 0.25) is 0 Å². The van der Waals surface area contributed by atoms with Crippen LogP contribution in [0.5, 0.6) is 0 Å². The van der Waals surface area contributed by atoms with Crippen molar-refractivity contribution >= 4 is 28.5 Å². The maximum atomic E-state index is 13.0. The molecule has 0 unspecified atom stereocenters. The molecule has 2 aliphatic rings. The van der Waals surface area contributed by atoms with Crippen LogP contribution in [0.1, 0.15) is 50.4 Å². The van der Waals surface area contributed by atoms with Gasteiger partial charge in [-0.25, -0.2) is 5.01 Å². The third-order valence-electron chi connectivity index (χ3n) is 4.86. The Labute approximate surface area is 169 Å². The van der Waals surface area contributed by atoms with Crippen LogP contribution >= 0.6 is 11.8 Å². The Morgan fingerprint density at radius 2 is 1.89 bits per heavy atom. The van der Waals surface area contributed by atoms with Crippen LogP contribution in [0.4, 0.5) is 0 Å². The molecule has 0 spiro atoms. The Bertz CT molecular complexity index is 1040. The summed E-state index contributed by atoms with van der Waals surface area (Å²) < 4.78 is 0. The molecule has 0 aliphatic carbocycles. The predicted molar refractivity (Wildman–Crippen MR) is 114 cm³/mol. The molecule has 0 aromatic heterocycles. The summed E-state index contributed by atoms with van der Waals surface area (Å²) in [6.07, 6.45) is 0.665. The zero-order valence-electron chi connectivity index (χ0n) is 16.3. The molecule has 2 aromatic rings. The van der Waals surface area contributed by atoms with Crippen molar-refractivity contribution in [3.05, 3.63) is 70.2 Å². The average molecular weight is 393 g/mol. The number of carbonyl (C=O) groups excluding carboxylic acids is 1. The van der Waals surface area contributed by atoms with Crippen LogP contribution in [0.15, 0.2) is 58.6 Å². The third-order valence-corrected chi connectivity index (χ3v) is 5.93. The molecule has 5 nitrogen and oxygen atoms in total. The van der Waals surface area contributed by atoms with E-state index in [4.69, 9.17) is 10.1 Å². The van der Waals surface area contributed by atoms with Crippen molar-refractivity contribution < 1.29 is 4.79 Å². The summed E-state index contributed by atoms with van der Waals surface area (Å²) in [5.41, 5.74) is 2.86. The van der Waals surface area contributed by atoms with Crippen LogP contribution in [0.3, 0.4) is 0 Å². The van der Waals surface area contributed by atoms with Crippen LogP contribution in [-0.4, -0.2) is 21.8 Å². The van der Waals surface area contributed by atoms with Crippen LogP contribution in [0.25, 0.3) is 5.70 Å². The normalized spacial score (nSPS) is 18.2. The van der Waals surface area contributed by atoms with Gasteiger partial charge in [-0.2, -0.15) is 0 Å². The average Bonchev–Trinajstić information content (AvgIpc) is 2.71. The first kappa shape index (κ1) is 18.7. The highest BCUT2D eigenvalue weighted by atomic mass is 32.2. The van der Waals surface area contributed by atoms with E-state index in [1.54, 1.807) is 16.8 Å². The lowest BCUT2D eigenvalue weighted by Gasteiger charge is -2.34. The van der Waals surface area contributed by atoms with Gasteiger partial charge >= 0.3 is 0 Å². The lowest BCUT2D eigenvalue weighted by atomic mass is 10.0. The fourth-order valence-electron chi connectivity index (χ4n) is 3.36. The minimum atomic E-state index is -0.352. The number of para-hydroxylation sites is 1.